The standard InChI is InChI=1S/C13H15N3S/c1-14-13(12-8-15-16-17-12)11-7-10(11)9-5-3-2-4-6-9/h2-6,8,10-11,13-14H,7H2,1H3. The molecule has 88 valence electrons. The molecule has 0 aliphatic heterocycles. The van der Waals surface area contributed by atoms with Gasteiger partial charge in [0.25, 0.3) is 0 Å². The molecule has 1 aliphatic carbocycles. The van der Waals surface area contributed by atoms with E-state index in [9.17, 15) is 0 Å². The average Bonchev–Trinajstić information content (AvgIpc) is 2.97. The Bertz CT molecular complexity index is 469. The molecule has 3 atom stereocenters. The fourth-order valence-electron chi connectivity index (χ4n) is 2.55. The molecule has 1 N–H and O–H groups in total. The second-order valence-electron chi connectivity index (χ2n) is 4.50. The molecule has 2 aromatic rings. The van der Waals surface area contributed by atoms with Crippen LogP contribution in [0, 0.1) is 5.92 Å². The molecule has 1 saturated carbocycles. The van der Waals surface area contributed by atoms with Crippen LogP contribution in [0.2, 0.25) is 0 Å². The zero-order chi connectivity index (χ0) is 11.7. The molecule has 17 heavy (non-hydrogen) atoms. The van der Waals surface area contributed by atoms with Crippen molar-refractivity contribution >= 4 is 11.5 Å². The van der Waals surface area contributed by atoms with Crippen molar-refractivity contribution in [3.05, 3.63) is 47.0 Å². The normalized spacial score (nSPS) is 24.5. The van der Waals surface area contributed by atoms with Crippen LogP contribution in [0.4, 0.5) is 0 Å². The van der Waals surface area contributed by atoms with Crippen molar-refractivity contribution in [3.63, 3.8) is 0 Å². The van der Waals surface area contributed by atoms with Crippen LogP contribution in [-0.4, -0.2) is 16.6 Å². The fourth-order valence-corrected chi connectivity index (χ4v) is 3.23. The van der Waals surface area contributed by atoms with Gasteiger partial charge in [0.2, 0.25) is 0 Å². The summed E-state index contributed by atoms with van der Waals surface area (Å²) in [6.45, 7) is 0. The van der Waals surface area contributed by atoms with Crippen molar-refractivity contribution in [1.82, 2.24) is 14.9 Å². The van der Waals surface area contributed by atoms with Crippen molar-refractivity contribution in [2.24, 2.45) is 5.92 Å². The Morgan fingerprint density at radius 1 is 1.35 bits per heavy atom. The third-order valence-electron chi connectivity index (χ3n) is 3.49. The summed E-state index contributed by atoms with van der Waals surface area (Å²) < 4.78 is 3.95. The molecular formula is C13H15N3S. The molecule has 1 fully saturated rings. The van der Waals surface area contributed by atoms with Gasteiger partial charge in [0.05, 0.1) is 11.1 Å². The topological polar surface area (TPSA) is 37.8 Å². The molecule has 1 aromatic carbocycles. The van der Waals surface area contributed by atoms with Crippen LogP contribution in [0.15, 0.2) is 36.5 Å². The highest BCUT2D eigenvalue weighted by molar-refractivity contribution is 7.05. The minimum Gasteiger partial charge on any atom is -0.312 e. The van der Waals surface area contributed by atoms with Crippen molar-refractivity contribution < 1.29 is 0 Å². The maximum Gasteiger partial charge on any atom is 0.0669 e. The first-order valence-electron chi connectivity index (χ1n) is 5.89. The summed E-state index contributed by atoms with van der Waals surface area (Å²) in [5.74, 6) is 1.38. The summed E-state index contributed by atoms with van der Waals surface area (Å²) in [7, 11) is 2.02. The molecule has 3 nitrogen and oxygen atoms in total. The molecule has 1 aromatic heterocycles. The summed E-state index contributed by atoms with van der Waals surface area (Å²) in [6.07, 6.45) is 3.14. The van der Waals surface area contributed by atoms with E-state index in [0.29, 0.717) is 17.9 Å². The maximum absolute atomic E-state index is 3.95. The van der Waals surface area contributed by atoms with Crippen LogP contribution >= 0.6 is 11.5 Å². The minimum absolute atomic E-state index is 0.403. The molecule has 0 saturated heterocycles. The van der Waals surface area contributed by atoms with E-state index in [1.807, 2.05) is 13.2 Å². The Labute approximate surface area is 105 Å². The van der Waals surface area contributed by atoms with Gasteiger partial charge in [-0.05, 0) is 42.4 Å². The Balaban J connectivity index is 1.75. The van der Waals surface area contributed by atoms with E-state index >= 15 is 0 Å². The molecule has 0 bridgehead atoms. The average molecular weight is 245 g/mol. The Morgan fingerprint density at radius 2 is 2.18 bits per heavy atom. The van der Waals surface area contributed by atoms with Gasteiger partial charge in [-0.3, -0.25) is 0 Å². The van der Waals surface area contributed by atoms with E-state index < -0.39 is 0 Å². The number of nitrogens with one attached hydrogen (secondary N) is 1. The quantitative estimate of drug-likeness (QED) is 0.899. The third-order valence-corrected chi connectivity index (χ3v) is 4.24. The van der Waals surface area contributed by atoms with Gasteiger partial charge in [0.1, 0.15) is 0 Å². The highest BCUT2D eigenvalue weighted by Gasteiger charge is 2.44. The monoisotopic (exact) mass is 245 g/mol. The number of rotatable bonds is 4. The van der Waals surface area contributed by atoms with Gasteiger partial charge in [0.15, 0.2) is 0 Å². The lowest BCUT2D eigenvalue weighted by molar-refractivity contribution is 0.525. The van der Waals surface area contributed by atoms with Gasteiger partial charge in [-0.1, -0.05) is 34.8 Å². The summed E-state index contributed by atoms with van der Waals surface area (Å²) in [5.41, 5.74) is 1.45. The van der Waals surface area contributed by atoms with Gasteiger partial charge in [-0.2, -0.15) is 0 Å². The van der Waals surface area contributed by atoms with E-state index in [-0.39, 0.29) is 0 Å². The van der Waals surface area contributed by atoms with Crippen LogP contribution in [-0.2, 0) is 0 Å². The third kappa shape index (κ3) is 2.10. The summed E-state index contributed by atoms with van der Waals surface area (Å²) >= 11 is 1.50. The molecule has 0 amide bonds. The number of nitrogens with zero attached hydrogens (tertiary/aromatic N) is 2. The molecule has 0 radical (unpaired) electrons. The second-order valence-corrected chi connectivity index (χ2v) is 5.32. The highest BCUT2D eigenvalue weighted by atomic mass is 32.1. The Kier molecular flexibility index (Phi) is 2.91. The largest absolute Gasteiger partial charge is 0.312 e. The number of hydrogen-bond acceptors (Lipinski definition) is 4. The Hall–Kier alpha value is -1.26. The van der Waals surface area contributed by atoms with Crippen LogP contribution < -0.4 is 5.32 Å². The van der Waals surface area contributed by atoms with E-state index in [0.717, 1.165) is 0 Å². The summed E-state index contributed by atoms with van der Waals surface area (Å²) in [6, 6.07) is 11.2. The number of benzene rings is 1. The first-order chi connectivity index (χ1) is 8.40. The van der Waals surface area contributed by atoms with E-state index in [1.54, 1.807) is 0 Å². The lowest BCUT2D eigenvalue weighted by atomic mass is 10.0. The number of aromatic nitrogens is 2. The SMILES string of the molecule is CNC(c1cnns1)C1CC1c1ccccc1. The van der Waals surface area contributed by atoms with Gasteiger partial charge in [-0.25, -0.2) is 0 Å². The zero-order valence-electron chi connectivity index (χ0n) is 9.71. The van der Waals surface area contributed by atoms with E-state index in [4.69, 9.17) is 0 Å². The fraction of sp³-hybridized carbons (Fsp3) is 0.385. The van der Waals surface area contributed by atoms with Gasteiger partial charge < -0.3 is 5.32 Å². The Morgan fingerprint density at radius 3 is 2.82 bits per heavy atom. The lowest BCUT2D eigenvalue weighted by Crippen LogP contribution is -2.17. The van der Waals surface area contributed by atoms with Crippen LogP contribution in [0.3, 0.4) is 0 Å². The summed E-state index contributed by atoms with van der Waals surface area (Å²) in [5, 5.41) is 7.32. The van der Waals surface area contributed by atoms with Crippen molar-refractivity contribution in [2.45, 2.75) is 18.4 Å². The smallest absolute Gasteiger partial charge is 0.0669 e. The molecule has 3 unspecified atom stereocenters. The maximum atomic E-state index is 3.95. The van der Waals surface area contributed by atoms with Gasteiger partial charge in [-0.15, -0.1) is 5.10 Å². The van der Waals surface area contributed by atoms with E-state index in [2.05, 4.69) is 45.2 Å². The van der Waals surface area contributed by atoms with Crippen molar-refractivity contribution in [3.8, 4) is 0 Å². The van der Waals surface area contributed by atoms with Gasteiger partial charge >= 0.3 is 0 Å². The molecule has 1 heterocycles. The zero-order valence-corrected chi connectivity index (χ0v) is 10.5. The first kappa shape index (κ1) is 10.9. The summed E-state index contributed by atoms with van der Waals surface area (Å²) in [4.78, 5) is 1.25. The van der Waals surface area contributed by atoms with Crippen molar-refractivity contribution in [2.75, 3.05) is 7.05 Å². The predicted molar refractivity (Wildman–Crippen MR) is 69.0 cm³/mol. The van der Waals surface area contributed by atoms with E-state index in [1.165, 1.54) is 28.4 Å². The number of hydrogen-bond donors (Lipinski definition) is 1. The highest BCUT2D eigenvalue weighted by Crippen LogP contribution is 2.54. The molecular weight excluding hydrogens is 230 g/mol. The molecule has 1 aliphatic rings. The van der Waals surface area contributed by atoms with Crippen LogP contribution in [0.5, 0.6) is 0 Å². The van der Waals surface area contributed by atoms with Crippen molar-refractivity contribution in [1.29, 1.82) is 0 Å². The lowest BCUT2D eigenvalue weighted by Gasteiger charge is -2.13. The van der Waals surface area contributed by atoms with Gasteiger partial charge in [0, 0.05) is 6.04 Å². The first-order valence-corrected chi connectivity index (χ1v) is 6.67. The van der Waals surface area contributed by atoms with Crippen LogP contribution in [0.25, 0.3) is 0 Å². The second kappa shape index (κ2) is 4.55. The predicted octanol–water partition coefficient (Wildman–Crippen LogP) is 2.60. The minimum atomic E-state index is 0.403. The molecule has 4 heteroatoms. The van der Waals surface area contributed by atoms with Crippen LogP contribution in [0.1, 0.15) is 28.8 Å². The molecule has 0 spiro atoms. The molecule has 3 rings (SSSR count).